The van der Waals surface area contributed by atoms with Crippen molar-refractivity contribution in [3.05, 3.63) is 95.0 Å². The van der Waals surface area contributed by atoms with Crippen molar-refractivity contribution in [3.63, 3.8) is 0 Å². The van der Waals surface area contributed by atoms with Crippen LogP contribution in [0.5, 0.6) is 5.75 Å². The largest absolute Gasteiger partial charge is 0.379 e. The number of carbonyl (C=O) groups is 1. The molecule has 0 saturated heterocycles. The van der Waals surface area contributed by atoms with E-state index in [0.717, 1.165) is 0 Å². The predicted molar refractivity (Wildman–Crippen MR) is 114 cm³/mol. The second-order valence-electron chi connectivity index (χ2n) is 6.05. The highest BCUT2D eigenvalue weighted by Crippen LogP contribution is 2.20. The molecule has 0 atom stereocenters. The Kier molecular flexibility index (Phi) is 6.52. The van der Waals surface area contributed by atoms with Crippen molar-refractivity contribution in [2.75, 3.05) is 5.32 Å². The number of rotatable bonds is 6. The molecule has 0 bridgehead atoms. The number of benzene rings is 3. The van der Waals surface area contributed by atoms with E-state index in [1.807, 2.05) is 6.07 Å². The summed E-state index contributed by atoms with van der Waals surface area (Å²) < 4.78 is 29.6. The van der Waals surface area contributed by atoms with E-state index in [9.17, 15) is 18.5 Å². The van der Waals surface area contributed by atoms with Gasteiger partial charge in [-0.25, -0.2) is 0 Å². The summed E-state index contributed by atoms with van der Waals surface area (Å²) in [4.78, 5) is 12.3. The van der Waals surface area contributed by atoms with Crippen molar-refractivity contribution in [3.8, 4) is 11.8 Å². The molecule has 8 heteroatoms. The molecule has 0 radical (unpaired) electrons. The standard InChI is InChI=1S/C22H15ClN2O4S/c23-18-8-10-19(11-9-18)25-22(26)17(15-24)14-16-6-12-20(13-7-16)29-30(27,28)21-4-2-1-3-5-21/h1-14H,(H,25,26)/b17-14+. The van der Waals surface area contributed by atoms with Crippen LogP contribution in [0.1, 0.15) is 5.56 Å². The number of halogens is 1. The Hall–Kier alpha value is -3.60. The van der Waals surface area contributed by atoms with Gasteiger partial charge < -0.3 is 9.50 Å². The molecule has 0 aromatic heterocycles. The third kappa shape index (κ3) is 5.47. The van der Waals surface area contributed by atoms with E-state index in [2.05, 4.69) is 5.32 Å². The number of hydrogen-bond acceptors (Lipinski definition) is 5. The third-order valence-corrected chi connectivity index (χ3v) is 5.41. The van der Waals surface area contributed by atoms with Crippen LogP contribution in [0.25, 0.3) is 6.08 Å². The smallest absolute Gasteiger partial charge is 0.339 e. The second-order valence-corrected chi connectivity index (χ2v) is 8.03. The fourth-order valence-corrected chi connectivity index (χ4v) is 3.51. The molecule has 0 aliphatic carbocycles. The van der Waals surface area contributed by atoms with Gasteiger partial charge in [0.2, 0.25) is 0 Å². The van der Waals surface area contributed by atoms with Crippen LogP contribution in [0.4, 0.5) is 5.69 Å². The zero-order valence-electron chi connectivity index (χ0n) is 15.4. The van der Waals surface area contributed by atoms with E-state index in [1.54, 1.807) is 54.6 Å². The zero-order valence-corrected chi connectivity index (χ0v) is 17.0. The van der Waals surface area contributed by atoms with Crippen molar-refractivity contribution >= 4 is 39.4 Å². The van der Waals surface area contributed by atoms with Crippen LogP contribution in [0.3, 0.4) is 0 Å². The summed E-state index contributed by atoms with van der Waals surface area (Å²) in [6, 6.07) is 22.1. The molecule has 150 valence electrons. The number of hydrogen-bond donors (Lipinski definition) is 1. The molecule has 0 aliphatic rings. The molecule has 0 heterocycles. The van der Waals surface area contributed by atoms with Crippen molar-refractivity contribution in [1.82, 2.24) is 0 Å². The van der Waals surface area contributed by atoms with E-state index in [0.29, 0.717) is 16.3 Å². The SMILES string of the molecule is N#C/C(=C\c1ccc(OS(=O)(=O)c2ccccc2)cc1)C(=O)Nc1ccc(Cl)cc1. The van der Waals surface area contributed by atoms with Crippen molar-refractivity contribution < 1.29 is 17.4 Å². The van der Waals surface area contributed by atoms with E-state index in [1.165, 1.54) is 30.3 Å². The molecule has 30 heavy (non-hydrogen) atoms. The summed E-state index contributed by atoms with van der Waals surface area (Å²) in [5.41, 5.74) is 0.915. The number of nitrogens with one attached hydrogen (secondary N) is 1. The average Bonchev–Trinajstić information content (AvgIpc) is 2.75. The minimum atomic E-state index is -3.95. The average molecular weight is 439 g/mol. The van der Waals surface area contributed by atoms with Crippen LogP contribution >= 0.6 is 11.6 Å². The number of nitrogens with zero attached hydrogens (tertiary/aromatic N) is 1. The Morgan fingerprint density at radius 1 is 0.967 bits per heavy atom. The van der Waals surface area contributed by atoms with Crippen LogP contribution in [0.15, 0.2) is 89.3 Å². The molecule has 6 nitrogen and oxygen atoms in total. The maximum absolute atomic E-state index is 12.3. The first-order valence-electron chi connectivity index (χ1n) is 8.66. The number of nitriles is 1. The first kappa shape index (κ1) is 21.1. The Morgan fingerprint density at radius 3 is 2.20 bits per heavy atom. The van der Waals surface area contributed by atoms with Gasteiger partial charge in [-0.1, -0.05) is 41.9 Å². The third-order valence-electron chi connectivity index (χ3n) is 3.90. The molecule has 3 aromatic carbocycles. The lowest BCUT2D eigenvalue weighted by atomic mass is 10.1. The van der Waals surface area contributed by atoms with E-state index < -0.39 is 16.0 Å². The highest BCUT2D eigenvalue weighted by Gasteiger charge is 2.16. The van der Waals surface area contributed by atoms with Gasteiger partial charge in [-0.15, -0.1) is 0 Å². The summed E-state index contributed by atoms with van der Waals surface area (Å²) in [6.45, 7) is 0. The Morgan fingerprint density at radius 2 is 1.60 bits per heavy atom. The zero-order chi connectivity index (χ0) is 21.6. The van der Waals surface area contributed by atoms with Gasteiger partial charge in [-0.05, 0) is 60.2 Å². The summed E-state index contributed by atoms with van der Waals surface area (Å²) >= 11 is 5.81. The summed E-state index contributed by atoms with van der Waals surface area (Å²) in [5, 5.41) is 12.4. The normalized spacial score (nSPS) is 11.4. The number of anilines is 1. The minimum Gasteiger partial charge on any atom is -0.379 e. The van der Waals surface area contributed by atoms with Crippen molar-refractivity contribution in [1.29, 1.82) is 5.26 Å². The van der Waals surface area contributed by atoms with Crippen LogP contribution < -0.4 is 9.50 Å². The molecule has 1 amide bonds. The topological polar surface area (TPSA) is 96.3 Å². The molecule has 1 N–H and O–H groups in total. The highest BCUT2D eigenvalue weighted by molar-refractivity contribution is 7.87. The second kappa shape index (κ2) is 9.27. The van der Waals surface area contributed by atoms with Gasteiger partial charge in [-0.3, -0.25) is 4.79 Å². The van der Waals surface area contributed by atoms with Gasteiger partial charge in [-0.2, -0.15) is 13.7 Å². The fourth-order valence-electron chi connectivity index (χ4n) is 2.43. The van der Waals surface area contributed by atoms with Crippen LogP contribution in [-0.4, -0.2) is 14.3 Å². The van der Waals surface area contributed by atoms with Crippen LogP contribution in [0, 0.1) is 11.3 Å². The van der Waals surface area contributed by atoms with E-state index >= 15 is 0 Å². The molecule has 3 rings (SSSR count). The van der Waals surface area contributed by atoms with Gasteiger partial charge in [0.1, 0.15) is 22.3 Å². The number of amides is 1. The molecule has 0 unspecified atom stereocenters. The van der Waals surface area contributed by atoms with E-state index in [-0.39, 0.29) is 16.2 Å². The van der Waals surface area contributed by atoms with Gasteiger partial charge in [0.25, 0.3) is 5.91 Å². The Bertz CT molecular complexity index is 1210. The van der Waals surface area contributed by atoms with E-state index in [4.69, 9.17) is 15.8 Å². The lowest BCUT2D eigenvalue weighted by Gasteiger charge is -2.07. The maximum Gasteiger partial charge on any atom is 0.339 e. The molecule has 0 spiro atoms. The monoisotopic (exact) mass is 438 g/mol. The van der Waals surface area contributed by atoms with Gasteiger partial charge in [0.15, 0.2) is 0 Å². The van der Waals surface area contributed by atoms with Gasteiger partial charge in [0, 0.05) is 10.7 Å². The first-order valence-corrected chi connectivity index (χ1v) is 10.4. The van der Waals surface area contributed by atoms with Gasteiger partial charge in [0.05, 0.1) is 0 Å². The Labute approximate surface area is 179 Å². The molecule has 0 saturated carbocycles. The molecule has 0 aliphatic heterocycles. The quantitative estimate of drug-likeness (QED) is 0.343. The van der Waals surface area contributed by atoms with Gasteiger partial charge >= 0.3 is 10.1 Å². The summed E-state index contributed by atoms with van der Waals surface area (Å²) in [6.07, 6.45) is 1.39. The van der Waals surface area contributed by atoms with Crippen LogP contribution in [0.2, 0.25) is 5.02 Å². The fraction of sp³-hybridized carbons (Fsp3) is 0. The predicted octanol–water partition coefficient (Wildman–Crippen LogP) is 4.65. The van der Waals surface area contributed by atoms with Crippen LogP contribution in [-0.2, 0) is 14.9 Å². The number of carbonyl (C=O) groups excluding carboxylic acids is 1. The molecular formula is C22H15ClN2O4S. The first-order chi connectivity index (χ1) is 14.4. The lowest BCUT2D eigenvalue weighted by molar-refractivity contribution is -0.112. The summed E-state index contributed by atoms with van der Waals surface area (Å²) in [7, 11) is -3.95. The lowest BCUT2D eigenvalue weighted by Crippen LogP contribution is -2.13. The maximum atomic E-state index is 12.3. The highest BCUT2D eigenvalue weighted by atomic mass is 35.5. The summed E-state index contributed by atoms with van der Waals surface area (Å²) in [5.74, 6) is -0.466. The Balaban J connectivity index is 1.73. The molecule has 3 aromatic rings. The molecule has 0 fully saturated rings. The minimum absolute atomic E-state index is 0.0413. The van der Waals surface area contributed by atoms with Crippen molar-refractivity contribution in [2.24, 2.45) is 0 Å². The van der Waals surface area contributed by atoms with Crippen molar-refractivity contribution in [2.45, 2.75) is 4.90 Å². The molecular weight excluding hydrogens is 424 g/mol.